The van der Waals surface area contributed by atoms with Crippen molar-refractivity contribution in [1.29, 1.82) is 0 Å². The van der Waals surface area contributed by atoms with E-state index in [1.54, 1.807) is 0 Å². The number of rotatable bonds is 1. The van der Waals surface area contributed by atoms with Crippen LogP contribution in [0.2, 0.25) is 0 Å². The number of benzene rings is 4. The Morgan fingerprint density at radius 3 is 1.94 bits per heavy atom. The summed E-state index contributed by atoms with van der Waals surface area (Å²) in [5.41, 5.74) is 10.5. The fourth-order valence-electron chi connectivity index (χ4n) is 4.38. The molecule has 0 unspecified atom stereocenters. The van der Waals surface area contributed by atoms with Gasteiger partial charge in [-0.05, 0) is 59.5 Å². The van der Waals surface area contributed by atoms with E-state index in [2.05, 4.69) is 91.7 Å². The maximum atomic E-state index is 4.90. The molecule has 4 aromatic carbocycles. The summed E-state index contributed by atoms with van der Waals surface area (Å²) in [6.07, 6.45) is 0. The number of nitrogens with one attached hydrogen (secondary N) is 1. The molecule has 1 aliphatic rings. The Hall–Kier alpha value is -3.92. The molecule has 0 bridgehead atoms. The molecule has 2 heterocycles. The summed E-state index contributed by atoms with van der Waals surface area (Å²) in [4.78, 5) is 12.1. The first kappa shape index (κ1) is 18.8. The van der Waals surface area contributed by atoms with Crippen LogP contribution in [0, 0.1) is 0 Å². The van der Waals surface area contributed by atoms with Crippen LogP contribution in [0.1, 0.15) is 26.3 Å². The number of aromatic nitrogens is 2. The molecule has 0 saturated heterocycles. The lowest BCUT2D eigenvalue weighted by atomic mass is 9.87. The number of anilines is 5. The van der Waals surface area contributed by atoms with E-state index in [1.165, 1.54) is 5.56 Å². The second kappa shape index (κ2) is 6.79. The zero-order valence-corrected chi connectivity index (χ0v) is 18.4. The molecule has 0 amide bonds. The average Bonchev–Trinajstić information content (AvgIpc) is 2.79. The maximum absolute atomic E-state index is 4.90. The van der Waals surface area contributed by atoms with Crippen molar-refractivity contribution in [3.63, 3.8) is 0 Å². The van der Waals surface area contributed by atoms with Crippen LogP contribution in [0.25, 0.3) is 22.1 Å². The van der Waals surface area contributed by atoms with Gasteiger partial charge >= 0.3 is 0 Å². The van der Waals surface area contributed by atoms with Crippen molar-refractivity contribution in [2.24, 2.45) is 0 Å². The van der Waals surface area contributed by atoms with Crippen LogP contribution in [0.15, 0.2) is 84.9 Å². The minimum atomic E-state index is 0.116. The highest BCUT2D eigenvalue weighted by molar-refractivity contribution is 6.02. The van der Waals surface area contributed by atoms with Gasteiger partial charge in [0.15, 0.2) is 0 Å². The standard InChI is InChI=1S/C28H24N4/c1-28(2,3)18-12-14-19(15-13-18)32-26-11-7-6-10-22(26)31-25-16-23-24(17-27(25)32)30-21-9-5-4-8-20(21)29-23/h4-17,31H,1-3H3. The summed E-state index contributed by atoms with van der Waals surface area (Å²) >= 11 is 0. The van der Waals surface area contributed by atoms with Crippen LogP contribution < -0.4 is 10.2 Å². The van der Waals surface area contributed by atoms with E-state index in [0.29, 0.717) is 0 Å². The molecule has 6 rings (SSSR count). The van der Waals surface area contributed by atoms with Gasteiger partial charge in [0.25, 0.3) is 0 Å². The van der Waals surface area contributed by atoms with Crippen molar-refractivity contribution in [3.8, 4) is 0 Å². The third-order valence-corrected chi connectivity index (χ3v) is 6.10. The van der Waals surface area contributed by atoms with E-state index >= 15 is 0 Å². The third kappa shape index (κ3) is 2.99. The number of hydrogen-bond donors (Lipinski definition) is 1. The predicted molar refractivity (Wildman–Crippen MR) is 134 cm³/mol. The molecule has 4 nitrogen and oxygen atoms in total. The lowest BCUT2D eigenvalue weighted by molar-refractivity contribution is 0.590. The van der Waals surface area contributed by atoms with Crippen LogP contribution in [0.4, 0.5) is 28.4 Å². The summed E-state index contributed by atoms with van der Waals surface area (Å²) in [6, 6.07) is 29.6. The smallest absolute Gasteiger partial charge is 0.0917 e. The van der Waals surface area contributed by atoms with Crippen LogP contribution in [0.5, 0.6) is 0 Å². The average molecular weight is 417 g/mol. The largest absolute Gasteiger partial charge is 0.352 e. The summed E-state index contributed by atoms with van der Waals surface area (Å²) in [6.45, 7) is 6.73. The molecule has 1 aliphatic heterocycles. The van der Waals surface area contributed by atoms with Gasteiger partial charge in [-0.2, -0.15) is 0 Å². The molecule has 4 heteroatoms. The van der Waals surface area contributed by atoms with Gasteiger partial charge in [0, 0.05) is 5.69 Å². The Kier molecular flexibility index (Phi) is 3.99. The van der Waals surface area contributed by atoms with E-state index in [4.69, 9.17) is 9.97 Å². The Balaban J connectivity index is 1.57. The topological polar surface area (TPSA) is 41.0 Å². The van der Waals surface area contributed by atoms with Crippen molar-refractivity contribution >= 4 is 50.5 Å². The van der Waals surface area contributed by atoms with Gasteiger partial charge in [-0.25, -0.2) is 9.97 Å². The maximum Gasteiger partial charge on any atom is 0.0917 e. The van der Waals surface area contributed by atoms with Gasteiger partial charge < -0.3 is 10.2 Å². The molecule has 0 saturated carbocycles. The molecule has 0 aliphatic carbocycles. The zero-order valence-electron chi connectivity index (χ0n) is 18.4. The zero-order chi connectivity index (χ0) is 21.9. The normalized spacial score (nSPS) is 13.0. The molecule has 5 aromatic rings. The van der Waals surface area contributed by atoms with E-state index in [9.17, 15) is 0 Å². The van der Waals surface area contributed by atoms with Gasteiger partial charge in [-0.3, -0.25) is 0 Å². The summed E-state index contributed by atoms with van der Waals surface area (Å²) in [7, 11) is 0. The van der Waals surface area contributed by atoms with Crippen molar-refractivity contribution in [2.45, 2.75) is 26.2 Å². The highest BCUT2D eigenvalue weighted by Crippen LogP contribution is 2.48. The summed E-state index contributed by atoms with van der Waals surface area (Å²) < 4.78 is 0. The van der Waals surface area contributed by atoms with E-state index in [0.717, 1.165) is 50.5 Å². The predicted octanol–water partition coefficient (Wildman–Crippen LogP) is 7.61. The van der Waals surface area contributed by atoms with Crippen molar-refractivity contribution in [2.75, 3.05) is 10.2 Å². The van der Waals surface area contributed by atoms with Gasteiger partial charge in [0.1, 0.15) is 0 Å². The molecule has 1 N–H and O–H groups in total. The molecule has 32 heavy (non-hydrogen) atoms. The minimum absolute atomic E-state index is 0.116. The molecule has 0 spiro atoms. The van der Waals surface area contributed by atoms with Crippen LogP contribution in [-0.4, -0.2) is 9.97 Å². The van der Waals surface area contributed by atoms with E-state index in [-0.39, 0.29) is 5.41 Å². The Labute approximate surface area is 187 Å². The fraction of sp³-hybridized carbons (Fsp3) is 0.143. The quantitative estimate of drug-likeness (QED) is 0.280. The van der Waals surface area contributed by atoms with Crippen LogP contribution in [-0.2, 0) is 5.41 Å². The van der Waals surface area contributed by atoms with Gasteiger partial charge in [-0.1, -0.05) is 57.2 Å². The second-order valence-corrected chi connectivity index (χ2v) is 9.34. The first-order chi connectivity index (χ1) is 15.5. The molecule has 0 atom stereocenters. The molecule has 0 fully saturated rings. The molecule has 156 valence electrons. The summed E-state index contributed by atoms with van der Waals surface area (Å²) in [5, 5.41) is 3.61. The van der Waals surface area contributed by atoms with Crippen LogP contribution in [0.3, 0.4) is 0 Å². The van der Waals surface area contributed by atoms with Crippen LogP contribution >= 0.6 is 0 Å². The molecule has 1 aromatic heterocycles. The minimum Gasteiger partial charge on any atom is -0.352 e. The fourth-order valence-corrected chi connectivity index (χ4v) is 4.38. The first-order valence-electron chi connectivity index (χ1n) is 10.9. The highest BCUT2D eigenvalue weighted by Gasteiger charge is 2.25. The van der Waals surface area contributed by atoms with Crippen molar-refractivity contribution in [1.82, 2.24) is 9.97 Å². The van der Waals surface area contributed by atoms with Crippen molar-refractivity contribution in [3.05, 3.63) is 90.5 Å². The van der Waals surface area contributed by atoms with Gasteiger partial charge in [-0.15, -0.1) is 0 Å². The number of hydrogen-bond acceptors (Lipinski definition) is 4. The number of nitrogens with zero attached hydrogens (tertiary/aromatic N) is 3. The third-order valence-electron chi connectivity index (χ3n) is 6.10. The van der Waals surface area contributed by atoms with Crippen molar-refractivity contribution < 1.29 is 0 Å². The first-order valence-corrected chi connectivity index (χ1v) is 10.9. The summed E-state index contributed by atoms with van der Waals surface area (Å²) in [5.74, 6) is 0. The Morgan fingerprint density at radius 1 is 0.625 bits per heavy atom. The molecular weight excluding hydrogens is 392 g/mol. The second-order valence-electron chi connectivity index (χ2n) is 9.34. The lowest BCUT2D eigenvalue weighted by Crippen LogP contribution is -2.18. The van der Waals surface area contributed by atoms with Gasteiger partial charge in [0.2, 0.25) is 0 Å². The van der Waals surface area contributed by atoms with E-state index in [1.807, 2.05) is 24.3 Å². The van der Waals surface area contributed by atoms with Gasteiger partial charge in [0.05, 0.1) is 44.8 Å². The monoisotopic (exact) mass is 416 g/mol. The Morgan fingerprint density at radius 2 is 1.25 bits per heavy atom. The SMILES string of the molecule is CC(C)(C)c1ccc(N2c3ccccc3Nc3cc4nc5ccccc5nc4cc32)cc1. The molecular formula is C28H24N4. The lowest BCUT2D eigenvalue weighted by Gasteiger charge is -2.34. The van der Waals surface area contributed by atoms with E-state index < -0.39 is 0 Å². The highest BCUT2D eigenvalue weighted by atomic mass is 15.2. The number of para-hydroxylation sites is 4. The number of fused-ring (bicyclic) bond motifs is 4. The Bertz CT molecular complexity index is 1480. The molecule has 0 radical (unpaired) electrons.